The normalized spacial score (nSPS) is 19.7. The molecule has 9 heterocycles. The minimum absolute atomic E-state index is 0.0323. The number of rotatable bonds is 21. The Hall–Kier alpha value is -9.95. The van der Waals surface area contributed by atoms with Gasteiger partial charge >= 0.3 is 0 Å². The summed E-state index contributed by atoms with van der Waals surface area (Å²) in [5.41, 5.74) is 19.2. The van der Waals surface area contributed by atoms with Crippen molar-refractivity contribution in [1.29, 1.82) is 0 Å². The number of carbonyl (C=O) groups is 3. The number of ether oxygens (including phenoxy) is 3. The van der Waals surface area contributed by atoms with Crippen molar-refractivity contribution in [2.75, 3.05) is 158 Å². The minimum Gasteiger partial charge on any atom is -0.489 e. The third kappa shape index (κ3) is 18.7. The molecule has 7 aromatic rings. The minimum atomic E-state index is -0.236. The Morgan fingerprint density at radius 3 is 1.25 bits per heavy atom. The van der Waals surface area contributed by atoms with E-state index >= 15 is 0 Å². The summed E-state index contributed by atoms with van der Waals surface area (Å²) in [7, 11) is 0. The van der Waals surface area contributed by atoms with Gasteiger partial charge in [0.05, 0.1) is 35.4 Å². The Kier molecular flexibility index (Phi) is 24.7. The van der Waals surface area contributed by atoms with Gasteiger partial charge in [0, 0.05) is 182 Å². The number of amides is 3. The Bertz CT molecular complexity index is 4500. The van der Waals surface area contributed by atoms with Gasteiger partial charge in [-0.25, -0.2) is 4.39 Å². The number of para-hydroxylation sites is 6. The van der Waals surface area contributed by atoms with E-state index in [9.17, 15) is 18.8 Å². The van der Waals surface area contributed by atoms with Crippen molar-refractivity contribution in [1.82, 2.24) is 14.7 Å². The van der Waals surface area contributed by atoms with Crippen LogP contribution in [0.4, 0.5) is 49.9 Å². The molecule has 3 unspecified atom stereocenters. The van der Waals surface area contributed by atoms with Gasteiger partial charge in [-0.1, -0.05) is 98.1 Å². The number of piperazine rings is 3. The highest BCUT2D eigenvalue weighted by atomic mass is 79.9. The van der Waals surface area contributed by atoms with Crippen molar-refractivity contribution >= 4 is 96.3 Å². The number of hydrogen-bond donors (Lipinski definition) is 2. The second-order valence-electron chi connectivity index (χ2n) is 30.2. The number of halogens is 2. The van der Waals surface area contributed by atoms with Crippen LogP contribution in [0.3, 0.4) is 0 Å². The largest absolute Gasteiger partial charge is 0.489 e. The summed E-state index contributed by atoms with van der Waals surface area (Å²) in [5, 5.41) is 15.9. The number of carbonyl (C=O) groups excluding carboxylic acids is 3. The van der Waals surface area contributed by atoms with Gasteiger partial charge in [0.2, 0.25) is 0 Å². The maximum atomic E-state index is 14.0. The highest BCUT2D eigenvalue weighted by Crippen LogP contribution is 2.38. The van der Waals surface area contributed by atoms with Crippen LogP contribution in [0.5, 0.6) is 17.2 Å². The van der Waals surface area contributed by atoms with Gasteiger partial charge in [-0.15, -0.1) is 0 Å². The number of nitrogens with one attached hydrogen (secondary N) is 1. The standard InChI is InChI=1S/C33H38FN5O3.C26H31BrN4O3.C26H33N5O3/c1-23(2)41-32-10-6-5-9-30(32)38-17-15-37(16-18-38)22-27-20-29(36-42-27)33(40)39-14-13-24-11-12-26(19-31(24)39)35-21-25-7-3-4-8-28(25)34;1-18(2)33-25-6-4-3-5-24(25)30-13-11-29(12-14-30)17-21-16-22(28-34-21)26(32)31-10-9-19-15-20(27)7-8-23(19)31;1-18(2)33-25-6-4-3-5-23(25)30-13-11-29(12-14-30)17-21-16-22(28-34-21)26(32)31-10-9-19-7-8-20(27)15-24(19)31/h3-12,19,23,27,35H,13-18,20-22H2,1-2H3;3-8,15,18,21H,9-14,16-17H2,1-2H3;3-8,15,18,21H,9-14,16-17,27H2,1-2H3. The summed E-state index contributed by atoms with van der Waals surface area (Å²) in [6.45, 7) is 27.9. The van der Waals surface area contributed by atoms with Crippen LogP contribution >= 0.6 is 15.9 Å². The molecule has 25 heteroatoms. The van der Waals surface area contributed by atoms with Gasteiger partial charge < -0.3 is 69.2 Å². The van der Waals surface area contributed by atoms with Gasteiger partial charge in [0.15, 0.2) is 0 Å². The van der Waals surface area contributed by atoms with Gasteiger partial charge in [-0.3, -0.25) is 29.1 Å². The zero-order chi connectivity index (χ0) is 76.4. The molecule has 3 amide bonds. The number of anilines is 8. The number of benzene rings is 7. The Labute approximate surface area is 653 Å². The molecule has 9 aliphatic rings. The third-order valence-corrected chi connectivity index (χ3v) is 21.7. The maximum absolute atomic E-state index is 14.0. The number of hydrogen-bond acceptors (Lipinski definition) is 20. The highest BCUT2D eigenvalue weighted by molar-refractivity contribution is 9.10. The Balaban J connectivity index is 0.000000139. The first-order chi connectivity index (χ1) is 53.4. The molecule has 0 saturated carbocycles. The van der Waals surface area contributed by atoms with Crippen molar-refractivity contribution < 1.29 is 47.5 Å². The van der Waals surface area contributed by atoms with Crippen LogP contribution in [0.25, 0.3) is 0 Å². The molecule has 580 valence electrons. The topological polar surface area (TPSA) is 211 Å². The summed E-state index contributed by atoms with van der Waals surface area (Å²) in [6, 6.07) is 49.3. The molecule has 0 bridgehead atoms. The molecular formula is C85H102BrFN14O9. The summed E-state index contributed by atoms with van der Waals surface area (Å²) >= 11 is 3.51. The molecule has 0 aliphatic carbocycles. The molecule has 3 N–H and O–H groups in total. The summed E-state index contributed by atoms with van der Waals surface area (Å²) < 4.78 is 33.1. The quantitative estimate of drug-likeness (QED) is 0.0641. The van der Waals surface area contributed by atoms with Crippen molar-refractivity contribution in [3.8, 4) is 17.2 Å². The van der Waals surface area contributed by atoms with Crippen molar-refractivity contribution in [3.63, 3.8) is 0 Å². The average molecular weight is 1560 g/mol. The van der Waals surface area contributed by atoms with Crippen LogP contribution in [-0.4, -0.2) is 204 Å². The van der Waals surface area contributed by atoms with Crippen LogP contribution in [0.15, 0.2) is 172 Å². The van der Waals surface area contributed by atoms with Gasteiger partial charge in [0.25, 0.3) is 17.7 Å². The van der Waals surface area contributed by atoms with Crippen LogP contribution in [-0.2, 0) is 54.7 Å². The van der Waals surface area contributed by atoms with Gasteiger partial charge in [-0.05, 0) is 162 Å². The first-order valence-corrected chi connectivity index (χ1v) is 39.8. The first-order valence-electron chi connectivity index (χ1n) is 39.0. The fourth-order valence-corrected chi connectivity index (χ4v) is 16.2. The van der Waals surface area contributed by atoms with E-state index in [4.69, 9.17) is 34.5 Å². The molecule has 0 spiro atoms. The molecular weight excluding hydrogens is 1460 g/mol. The lowest BCUT2D eigenvalue weighted by Gasteiger charge is -2.37. The monoisotopic (exact) mass is 1560 g/mol. The average Bonchev–Trinajstić information content (AvgIpc) is 1.69. The number of fused-ring (bicyclic) bond motifs is 3. The second-order valence-corrected chi connectivity index (χ2v) is 31.2. The van der Waals surface area contributed by atoms with E-state index in [0.29, 0.717) is 73.8 Å². The summed E-state index contributed by atoms with van der Waals surface area (Å²) in [4.78, 5) is 76.6. The van der Waals surface area contributed by atoms with E-state index in [1.54, 1.807) is 21.9 Å². The van der Waals surface area contributed by atoms with Crippen LogP contribution in [0.1, 0.15) is 83.1 Å². The lowest BCUT2D eigenvalue weighted by molar-refractivity contribution is -0.113. The van der Waals surface area contributed by atoms with Crippen LogP contribution < -0.4 is 54.7 Å². The zero-order valence-electron chi connectivity index (χ0n) is 63.9. The third-order valence-electron chi connectivity index (χ3n) is 21.2. The van der Waals surface area contributed by atoms with E-state index in [1.807, 2.05) is 110 Å². The van der Waals surface area contributed by atoms with E-state index in [0.717, 1.165) is 190 Å². The molecule has 3 saturated heterocycles. The Morgan fingerprint density at radius 2 is 0.827 bits per heavy atom. The van der Waals surface area contributed by atoms with Gasteiger partial charge in [0.1, 0.15) is 58.5 Å². The molecule has 16 rings (SSSR count). The SMILES string of the molecule is CC(C)Oc1ccccc1N1CCN(CC2CC(C(=O)N3CCc4cc(Br)ccc43)=NO2)CC1.CC(C)Oc1ccccc1N1CCN(CC2CC(C(=O)N3CCc4ccc(N)cc43)=NO2)CC1.CC(C)Oc1ccccc1N1CCN(CC2CC(C(=O)N3CCc4ccc(NCc5ccccc5F)cc43)=NO2)CC1. The van der Waals surface area contributed by atoms with Crippen molar-refractivity contribution in [3.05, 3.63) is 184 Å². The maximum Gasteiger partial charge on any atom is 0.276 e. The molecule has 3 fully saturated rings. The second kappa shape index (κ2) is 35.4. The van der Waals surface area contributed by atoms with E-state index in [-0.39, 0.29) is 60.2 Å². The van der Waals surface area contributed by atoms with E-state index in [1.165, 1.54) is 11.6 Å². The van der Waals surface area contributed by atoms with E-state index < -0.39 is 0 Å². The number of nitrogens with zero attached hydrogens (tertiary/aromatic N) is 12. The van der Waals surface area contributed by atoms with Crippen LogP contribution in [0.2, 0.25) is 0 Å². The molecule has 0 aromatic heterocycles. The van der Waals surface area contributed by atoms with Crippen molar-refractivity contribution in [2.24, 2.45) is 15.5 Å². The molecule has 9 aliphatic heterocycles. The van der Waals surface area contributed by atoms with Crippen LogP contribution in [0, 0.1) is 5.82 Å². The fourth-order valence-electron chi connectivity index (χ4n) is 15.7. The smallest absolute Gasteiger partial charge is 0.276 e. The molecule has 110 heavy (non-hydrogen) atoms. The van der Waals surface area contributed by atoms with Crippen molar-refractivity contribution in [2.45, 2.75) is 123 Å². The lowest BCUT2D eigenvalue weighted by Crippen LogP contribution is -2.48. The zero-order valence-corrected chi connectivity index (χ0v) is 65.5. The molecule has 0 radical (unpaired) electrons. The molecule has 23 nitrogen and oxygen atoms in total. The lowest BCUT2D eigenvalue weighted by atomic mass is 10.1. The predicted molar refractivity (Wildman–Crippen MR) is 437 cm³/mol. The van der Waals surface area contributed by atoms with E-state index in [2.05, 4.69) is 136 Å². The molecule has 7 aromatic carbocycles. The Morgan fingerprint density at radius 1 is 0.445 bits per heavy atom. The predicted octanol–water partition coefficient (Wildman–Crippen LogP) is 12.1. The molecule has 3 atom stereocenters. The fraction of sp³-hybridized carbons (Fsp3) is 0.435. The van der Waals surface area contributed by atoms with Gasteiger partial charge in [-0.2, -0.15) is 0 Å². The number of nitrogen functional groups attached to an aromatic ring is 1. The highest BCUT2D eigenvalue weighted by Gasteiger charge is 2.39. The number of oxime groups is 3. The summed E-state index contributed by atoms with van der Waals surface area (Å²) in [6.07, 6.45) is 4.22. The summed E-state index contributed by atoms with van der Waals surface area (Å²) in [5.74, 6) is 2.36. The first kappa shape index (κ1) is 76.8. The number of nitrogens with two attached hydrogens (primary N) is 1.